The van der Waals surface area contributed by atoms with Crippen LogP contribution in [-0.4, -0.2) is 61.0 Å². The number of carbonyl (C=O) groups is 1. The van der Waals surface area contributed by atoms with Crippen molar-refractivity contribution in [2.24, 2.45) is 0 Å². The Bertz CT molecular complexity index is 1530. The molecule has 0 saturated carbocycles. The SMILES string of the molecule is CN(C)C(=O)C=CCNCCOc1ccc(/C(=C(/CC(F)(F)F)c2ccccc2)c2ccc3n[nH]c(F)c3c2)cc1. The van der Waals surface area contributed by atoms with E-state index in [0.29, 0.717) is 53.2 Å². The van der Waals surface area contributed by atoms with E-state index in [1.54, 1.807) is 86.9 Å². The van der Waals surface area contributed by atoms with Gasteiger partial charge in [-0.05, 0) is 52.1 Å². The molecule has 0 radical (unpaired) electrons. The Hall–Kier alpha value is -4.44. The summed E-state index contributed by atoms with van der Waals surface area (Å²) < 4.78 is 61.8. The Balaban J connectivity index is 1.61. The number of amides is 1. The normalized spacial score (nSPS) is 12.5. The smallest absolute Gasteiger partial charge is 0.393 e. The maximum Gasteiger partial charge on any atom is 0.393 e. The van der Waals surface area contributed by atoms with Gasteiger partial charge < -0.3 is 15.0 Å². The number of fused-ring (bicyclic) bond motifs is 1. The molecule has 41 heavy (non-hydrogen) atoms. The van der Waals surface area contributed by atoms with Crippen molar-refractivity contribution in [3.8, 4) is 5.75 Å². The third-order valence-corrected chi connectivity index (χ3v) is 6.25. The molecule has 0 aliphatic heterocycles. The number of aromatic amines is 1. The predicted molar refractivity (Wildman–Crippen MR) is 152 cm³/mol. The largest absolute Gasteiger partial charge is 0.492 e. The first kappa shape index (κ1) is 29.5. The van der Waals surface area contributed by atoms with Crippen LogP contribution in [0.1, 0.15) is 23.1 Å². The van der Waals surface area contributed by atoms with Crippen molar-refractivity contribution in [1.29, 1.82) is 0 Å². The van der Waals surface area contributed by atoms with Gasteiger partial charge in [0.1, 0.15) is 12.4 Å². The van der Waals surface area contributed by atoms with Crippen LogP contribution in [0.25, 0.3) is 22.0 Å². The molecule has 0 atom stereocenters. The van der Waals surface area contributed by atoms with Crippen LogP contribution in [0.5, 0.6) is 5.75 Å². The summed E-state index contributed by atoms with van der Waals surface area (Å²) in [5, 5.41) is 9.50. The second-order valence-corrected chi connectivity index (χ2v) is 9.49. The zero-order valence-corrected chi connectivity index (χ0v) is 22.6. The van der Waals surface area contributed by atoms with Crippen molar-refractivity contribution in [2.75, 3.05) is 33.8 Å². The van der Waals surface area contributed by atoms with Crippen molar-refractivity contribution >= 4 is 28.0 Å². The van der Waals surface area contributed by atoms with Gasteiger partial charge in [0.25, 0.3) is 0 Å². The summed E-state index contributed by atoms with van der Waals surface area (Å²) in [6, 6.07) is 19.9. The topological polar surface area (TPSA) is 70.2 Å². The Kier molecular flexibility index (Phi) is 9.57. The number of nitrogens with one attached hydrogen (secondary N) is 2. The van der Waals surface area contributed by atoms with E-state index in [9.17, 15) is 22.4 Å². The van der Waals surface area contributed by atoms with Crippen molar-refractivity contribution < 1.29 is 27.1 Å². The van der Waals surface area contributed by atoms with Crippen molar-refractivity contribution in [3.05, 3.63) is 108 Å². The molecule has 0 unspecified atom stereocenters. The molecule has 4 rings (SSSR count). The minimum absolute atomic E-state index is 0.0695. The molecule has 1 aromatic heterocycles. The van der Waals surface area contributed by atoms with E-state index in [1.807, 2.05) is 0 Å². The monoisotopic (exact) mass is 566 g/mol. The lowest BCUT2D eigenvalue weighted by atomic mass is 9.87. The van der Waals surface area contributed by atoms with Gasteiger partial charge in [-0.15, -0.1) is 0 Å². The number of likely N-dealkylation sites (N-methyl/N-ethyl adjacent to an activating group) is 1. The molecule has 1 heterocycles. The number of benzene rings is 3. The van der Waals surface area contributed by atoms with E-state index >= 15 is 0 Å². The van der Waals surface area contributed by atoms with Crippen LogP contribution in [0, 0.1) is 5.95 Å². The van der Waals surface area contributed by atoms with Crippen LogP contribution in [0.2, 0.25) is 0 Å². The summed E-state index contributed by atoms with van der Waals surface area (Å²) in [6.07, 6.45) is -2.44. The highest BCUT2D eigenvalue weighted by molar-refractivity contribution is 6.00. The molecule has 0 bridgehead atoms. The Morgan fingerprint density at radius 3 is 2.39 bits per heavy atom. The lowest BCUT2D eigenvalue weighted by Crippen LogP contribution is -2.22. The summed E-state index contributed by atoms with van der Waals surface area (Å²) in [4.78, 5) is 13.0. The second-order valence-electron chi connectivity index (χ2n) is 9.49. The molecule has 0 fully saturated rings. The summed E-state index contributed by atoms with van der Waals surface area (Å²) in [5.74, 6) is -0.214. The Labute approximate surface area is 235 Å². The Morgan fingerprint density at radius 1 is 1.00 bits per heavy atom. The van der Waals surface area contributed by atoms with Gasteiger partial charge in [0, 0.05) is 33.3 Å². The van der Waals surface area contributed by atoms with Gasteiger partial charge in [-0.25, -0.2) is 0 Å². The summed E-state index contributed by atoms with van der Waals surface area (Å²) in [6.45, 7) is 1.36. The van der Waals surface area contributed by atoms with E-state index in [2.05, 4.69) is 15.5 Å². The fourth-order valence-electron chi connectivity index (χ4n) is 4.28. The molecular weight excluding hydrogens is 536 g/mol. The molecule has 0 saturated heterocycles. The predicted octanol–water partition coefficient (Wildman–Crippen LogP) is 6.23. The molecule has 10 heteroatoms. The average Bonchev–Trinajstić information content (AvgIpc) is 3.32. The number of hydrogen-bond donors (Lipinski definition) is 2. The minimum Gasteiger partial charge on any atom is -0.492 e. The molecule has 4 aromatic rings. The lowest BCUT2D eigenvalue weighted by Gasteiger charge is -2.19. The number of carbonyl (C=O) groups excluding carboxylic acids is 1. The fraction of sp³-hybridized carbons (Fsp3) is 0.226. The average molecular weight is 567 g/mol. The van der Waals surface area contributed by atoms with E-state index < -0.39 is 18.5 Å². The van der Waals surface area contributed by atoms with Crippen LogP contribution < -0.4 is 10.1 Å². The highest BCUT2D eigenvalue weighted by atomic mass is 19.4. The summed E-state index contributed by atoms with van der Waals surface area (Å²) >= 11 is 0. The number of H-pyrrole nitrogens is 1. The first-order valence-electron chi connectivity index (χ1n) is 12.9. The molecule has 214 valence electrons. The van der Waals surface area contributed by atoms with Gasteiger partial charge in [-0.3, -0.25) is 9.89 Å². The Morgan fingerprint density at radius 2 is 1.71 bits per heavy atom. The molecular formula is C31H30F4N4O2. The van der Waals surface area contributed by atoms with Crippen molar-refractivity contribution in [1.82, 2.24) is 20.4 Å². The number of aromatic nitrogens is 2. The highest BCUT2D eigenvalue weighted by Crippen LogP contribution is 2.40. The van der Waals surface area contributed by atoms with Crippen LogP contribution in [0.4, 0.5) is 17.6 Å². The van der Waals surface area contributed by atoms with Crippen molar-refractivity contribution in [3.63, 3.8) is 0 Å². The number of rotatable bonds is 11. The lowest BCUT2D eigenvalue weighted by molar-refractivity contribution is -0.124. The number of allylic oxidation sites excluding steroid dienone is 1. The number of hydrogen-bond acceptors (Lipinski definition) is 4. The van der Waals surface area contributed by atoms with Gasteiger partial charge in [0.15, 0.2) is 0 Å². The van der Waals surface area contributed by atoms with Crippen molar-refractivity contribution in [2.45, 2.75) is 12.6 Å². The van der Waals surface area contributed by atoms with E-state index in [0.717, 1.165) is 0 Å². The van der Waals surface area contributed by atoms with Gasteiger partial charge in [-0.1, -0.05) is 54.6 Å². The van der Waals surface area contributed by atoms with E-state index in [1.165, 1.54) is 17.0 Å². The summed E-state index contributed by atoms with van der Waals surface area (Å²) in [7, 11) is 3.35. The molecule has 0 aliphatic carbocycles. The molecule has 1 amide bonds. The maximum atomic E-state index is 14.4. The van der Waals surface area contributed by atoms with E-state index in [4.69, 9.17) is 4.74 Å². The van der Waals surface area contributed by atoms with Gasteiger partial charge in [-0.2, -0.15) is 22.7 Å². The number of halogens is 4. The standard InChI is InChI=1S/C31H30F4N4O2/c1-39(2)28(40)9-6-16-36-17-18-41-24-13-10-22(11-14-24)29(23-12-15-27-25(19-23)30(32)38-37-27)26(20-31(33,34)35)21-7-4-3-5-8-21/h3-15,19,36H,16-18,20H2,1-2H3,(H,37,38)/b9-6?,29-26+. The molecule has 6 nitrogen and oxygen atoms in total. The number of alkyl halides is 3. The number of nitrogens with zero attached hydrogens (tertiary/aromatic N) is 2. The molecule has 0 spiro atoms. The first-order chi connectivity index (χ1) is 19.6. The van der Waals surface area contributed by atoms with Crippen LogP contribution in [-0.2, 0) is 4.79 Å². The summed E-state index contributed by atoms with van der Waals surface area (Å²) in [5.41, 5.74) is 2.15. The molecule has 3 aromatic carbocycles. The van der Waals surface area contributed by atoms with Gasteiger partial charge in [0.2, 0.25) is 11.9 Å². The fourth-order valence-corrected chi connectivity index (χ4v) is 4.28. The molecule has 2 N–H and O–H groups in total. The molecule has 0 aliphatic rings. The second kappa shape index (κ2) is 13.3. The van der Waals surface area contributed by atoms with Gasteiger partial charge >= 0.3 is 6.18 Å². The third-order valence-electron chi connectivity index (χ3n) is 6.25. The van der Waals surface area contributed by atoms with Gasteiger partial charge in [0.05, 0.1) is 17.3 Å². The minimum atomic E-state index is -4.48. The first-order valence-corrected chi connectivity index (χ1v) is 12.9. The third kappa shape index (κ3) is 8.04. The number of ether oxygens (including phenoxy) is 1. The van der Waals surface area contributed by atoms with Crippen LogP contribution >= 0.6 is 0 Å². The van der Waals surface area contributed by atoms with Crippen LogP contribution in [0.3, 0.4) is 0 Å². The van der Waals surface area contributed by atoms with E-state index in [-0.39, 0.29) is 16.9 Å². The zero-order chi connectivity index (χ0) is 29.4. The van der Waals surface area contributed by atoms with Crippen LogP contribution in [0.15, 0.2) is 84.9 Å². The quantitative estimate of drug-likeness (QED) is 0.0978. The highest BCUT2D eigenvalue weighted by Gasteiger charge is 2.31. The zero-order valence-electron chi connectivity index (χ0n) is 22.6. The maximum absolute atomic E-state index is 14.4.